The first-order chi connectivity index (χ1) is 13.1. The van der Waals surface area contributed by atoms with Crippen LogP contribution in [0.3, 0.4) is 0 Å². The van der Waals surface area contributed by atoms with Crippen molar-refractivity contribution in [3.63, 3.8) is 0 Å². The van der Waals surface area contributed by atoms with E-state index in [2.05, 4.69) is 5.32 Å². The number of nitrogens with zero attached hydrogens (tertiary/aromatic N) is 1. The van der Waals surface area contributed by atoms with E-state index in [4.69, 9.17) is 10.00 Å². The molecule has 0 saturated carbocycles. The monoisotopic (exact) mass is 382 g/mol. The minimum Gasteiger partial charge on any atom is -0.480 e. The number of rotatable bonds is 7. The van der Waals surface area contributed by atoms with Gasteiger partial charge in [0.15, 0.2) is 0 Å². The van der Waals surface area contributed by atoms with Crippen molar-refractivity contribution in [3.8, 4) is 17.2 Å². The number of hydrogen-bond donors (Lipinski definition) is 2. The fourth-order valence-corrected chi connectivity index (χ4v) is 3.85. The highest BCUT2D eigenvalue weighted by Gasteiger charge is 2.29. The lowest BCUT2D eigenvalue weighted by Crippen LogP contribution is -2.43. The number of nitrogens with one attached hydrogen (secondary N) is 1. The molecule has 2 aromatic carbocycles. The van der Waals surface area contributed by atoms with Gasteiger partial charge < -0.3 is 15.2 Å². The minimum absolute atomic E-state index is 0.0839. The predicted octanol–water partition coefficient (Wildman–Crippen LogP) is 3.24. The molecule has 0 bridgehead atoms. The summed E-state index contributed by atoms with van der Waals surface area (Å²) in [5, 5.41) is 20.1. The second kappa shape index (κ2) is 8.60. The molecule has 1 unspecified atom stereocenters. The number of aliphatic carboxylic acids is 1. The third-order valence-electron chi connectivity index (χ3n) is 4.38. The lowest BCUT2D eigenvalue weighted by atomic mass is 9.98. The normalized spacial score (nSPS) is 13.1. The number of fused-ring (bicyclic) bond motifs is 3. The average molecular weight is 382 g/mol. The van der Waals surface area contributed by atoms with Crippen LogP contribution in [0.25, 0.3) is 11.1 Å². The van der Waals surface area contributed by atoms with Crippen molar-refractivity contribution in [1.29, 1.82) is 5.26 Å². The summed E-state index contributed by atoms with van der Waals surface area (Å²) in [7, 11) is 0. The van der Waals surface area contributed by atoms with E-state index < -0.39 is 18.1 Å². The zero-order valence-corrected chi connectivity index (χ0v) is 15.2. The molecule has 138 valence electrons. The van der Waals surface area contributed by atoms with Gasteiger partial charge in [-0.05, 0) is 22.3 Å². The number of hydrogen-bond acceptors (Lipinski definition) is 5. The van der Waals surface area contributed by atoms with Gasteiger partial charge in [-0.2, -0.15) is 5.26 Å². The number of ether oxygens (including phenoxy) is 1. The van der Waals surface area contributed by atoms with E-state index in [-0.39, 0.29) is 24.0 Å². The largest absolute Gasteiger partial charge is 0.480 e. The van der Waals surface area contributed by atoms with Gasteiger partial charge in [-0.3, -0.25) is 0 Å². The summed E-state index contributed by atoms with van der Waals surface area (Å²) < 4.78 is 5.34. The zero-order chi connectivity index (χ0) is 19.2. The third-order valence-corrected chi connectivity index (χ3v) is 5.29. The van der Waals surface area contributed by atoms with Crippen LogP contribution in [0, 0.1) is 11.3 Å². The molecule has 1 atom stereocenters. The van der Waals surface area contributed by atoms with E-state index >= 15 is 0 Å². The molecule has 1 amide bonds. The maximum absolute atomic E-state index is 12.1. The molecule has 7 heteroatoms. The van der Waals surface area contributed by atoms with Crippen LogP contribution < -0.4 is 5.32 Å². The Labute approximate surface area is 161 Å². The number of alkyl carbamates (subject to hydrolysis) is 1. The van der Waals surface area contributed by atoms with Crippen LogP contribution >= 0.6 is 11.8 Å². The second-order valence-electron chi connectivity index (χ2n) is 6.03. The second-order valence-corrected chi connectivity index (χ2v) is 7.06. The topological polar surface area (TPSA) is 99.4 Å². The fraction of sp³-hybridized carbons (Fsp3) is 0.250. The summed E-state index contributed by atoms with van der Waals surface area (Å²) in [6.07, 6.45) is -0.776. The first-order valence-electron chi connectivity index (χ1n) is 8.41. The smallest absolute Gasteiger partial charge is 0.407 e. The molecule has 0 aliphatic heterocycles. The van der Waals surface area contributed by atoms with Gasteiger partial charge in [0.05, 0.1) is 11.8 Å². The van der Waals surface area contributed by atoms with Crippen LogP contribution in [0.5, 0.6) is 0 Å². The zero-order valence-electron chi connectivity index (χ0n) is 14.4. The van der Waals surface area contributed by atoms with Crippen LogP contribution in [0.1, 0.15) is 17.0 Å². The van der Waals surface area contributed by atoms with Crippen molar-refractivity contribution in [1.82, 2.24) is 5.32 Å². The van der Waals surface area contributed by atoms with Crippen molar-refractivity contribution in [2.45, 2.75) is 12.0 Å². The molecule has 0 fully saturated rings. The van der Waals surface area contributed by atoms with Gasteiger partial charge in [-0.15, -0.1) is 11.8 Å². The summed E-state index contributed by atoms with van der Waals surface area (Å²) in [5.74, 6) is -0.975. The number of benzene rings is 2. The first-order valence-corrected chi connectivity index (χ1v) is 9.56. The SMILES string of the molecule is N#CCSCC(NC(=O)OCC1c2ccccc2-c2ccccc21)C(=O)O. The fourth-order valence-electron chi connectivity index (χ4n) is 3.18. The highest BCUT2D eigenvalue weighted by Crippen LogP contribution is 2.44. The number of carboxylic acids is 1. The van der Waals surface area contributed by atoms with Crippen molar-refractivity contribution in [3.05, 3.63) is 59.7 Å². The van der Waals surface area contributed by atoms with Gasteiger partial charge in [-0.1, -0.05) is 48.5 Å². The van der Waals surface area contributed by atoms with E-state index in [0.29, 0.717) is 0 Å². The first kappa shape index (κ1) is 18.8. The van der Waals surface area contributed by atoms with E-state index in [1.165, 1.54) is 0 Å². The van der Waals surface area contributed by atoms with Crippen LogP contribution in [0.2, 0.25) is 0 Å². The molecule has 1 aliphatic carbocycles. The highest BCUT2D eigenvalue weighted by atomic mass is 32.2. The van der Waals surface area contributed by atoms with Gasteiger partial charge in [0.1, 0.15) is 12.6 Å². The van der Waals surface area contributed by atoms with Gasteiger partial charge in [0, 0.05) is 11.7 Å². The van der Waals surface area contributed by atoms with Gasteiger partial charge in [-0.25, -0.2) is 9.59 Å². The third kappa shape index (κ3) is 4.23. The van der Waals surface area contributed by atoms with Crippen LogP contribution in [0.15, 0.2) is 48.5 Å². The molecule has 0 saturated heterocycles. The number of amides is 1. The Kier molecular flexibility index (Phi) is 5.99. The highest BCUT2D eigenvalue weighted by molar-refractivity contribution is 7.99. The van der Waals surface area contributed by atoms with Crippen molar-refractivity contribution in [2.75, 3.05) is 18.1 Å². The van der Waals surface area contributed by atoms with Gasteiger partial charge in [0.2, 0.25) is 0 Å². The molecule has 3 rings (SSSR count). The van der Waals surface area contributed by atoms with Crippen LogP contribution in [-0.2, 0) is 9.53 Å². The summed E-state index contributed by atoms with van der Waals surface area (Å²) in [6, 6.07) is 16.8. The maximum Gasteiger partial charge on any atom is 0.407 e. The number of carbonyl (C=O) groups excluding carboxylic acids is 1. The molecule has 0 radical (unpaired) electrons. The van der Waals surface area contributed by atoms with Crippen LogP contribution in [-0.4, -0.2) is 41.3 Å². The minimum atomic E-state index is -1.16. The Hall–Kier alpha value is -2.98. The number of thioether (sulfide) groups is 1. The Morgan fingerprint density at radius 3 is 2.30 bits per heavy atom. The van der Waals surface area contributed by atoms with Crippen molar-refractivity contribution in [2.24, 2.45) is 0 Å². The van der Waals surface area contributed by atoms with E-state index in [1.54, 1.807) is 0 Å². The molecule has 2 aromatic rings. The number of carbonyl (C=O) groups is 2. The summed E-state index contributed by atoms with van der Waals surface area (Å²) in [5.41, 5.74) is 4.42. The Bertz CT molecular complexity index is 848. The quantitative estimate of drug-likeness (QED) is 0.713. The molecule has 1 aliphatic rings. The molecule has 0 heterocycles. The van der Waals surface area contributed by atoms with E-state index in [9.17, 15) is 14.7 Å². The molecule has 2 N–H and O–H groups in total. The Morgan fingerprint density at radius 2 is 1.74 bits per heavy atom. The maximum atomic E-state index is 12.1. The standard InChI is InChI=1S/C20H18N2O4S/c21-9-10-27-12-18(19(23)24)22-20(25)26-11-17-15-7-3-1-5-13(15)14-6-2-4-8-16(14)17/h1-8,17-18H,10-12H2,(H,22,25)(H,23,24). The molecular weight excluding hydrogens is 364 g/mol. The van der Waals surface area contributed by atoms with Gasteiger partial charge in [0.25, 0.3) is 0 Å². The predicted molar refractivity (Wildman–Crippen MR) is 103 cm³/mol. The summed E-state index contributed by atoms with van der Waals surface area (Å²) in [6.45, 7) is 0.123. The van der Waals surface area contributed by atoms with E-state index in [0.717, 1.165) is 34.0 Å². The van der Waals surface area contributed by atoms with E-state index in [1.807, 2.05) is 54.6 Å². The molecule has 0 aromatic heterocycles. The molecular formula is C20H18N2O4S. The number of nitriles is 1. The Morgan fingerprint density at radius 1 is 1.15 bits per heavy atom. The number of carboxylic acid groups (broad SMARTS) is 1. The van der Waals surface area contributed by atoms with Crippen molar-refractivity contribution < 1.29 is 19.4 Å². The molecule has 6 nitrogen and oxygen atoms in total. The molecule has 27 heavy (non-hydrogen) atoms. The Balaban J connectivity index is 1.65. The van der Waals surface area contributed by atoms with Gasteiger partial charge >= 0.3 is 12.1 Å². The summed E-state index contributed by atoms with van der Waals surface area (Å²) >= 11 is 1.14. The van der Waals surface area contributed by atoms with Crippen molar-refractivity contribution >= 4 is 23.8 Å². The lowest BCUT2D eigenvalue weighted by molar-refractivity contribution is -0.138. The lowest BCUT2D eigenvalue weighted by Gasteiger charge is -2.17. The van der Waals surface area contributed by atoms with Crippen LogP contribution in [0.4, 0.5) is 4.79 Å². The molecule has 0 spiro atoms. The summed E-state index contributed by atoms with van der Waals surface area (Å²) in [4.78, 5) is 23.4. The average Bonchev–Trinajstić information content (AvgIpc) is 2.99.